The number of nitrogens with zero attached hydrogens (tertiary/aromatic N) is 1. The molecule has 0 aliphatic rings. The minimum Gasteiger partial charge on any atom is -0.503 e. The first-order valence-corrected chi connectivity index (χ1v) is 5.20. The number of ether oxygens (including phenoxy) is 1. The minimum atomic E-state index is -1.02. The molecule has 1 aromatic rings. The van der Waals surface area contributed by atoms with E-state index in [2.05, 4.69) is 10.3 Å². The number of pyridine rings is 1. The van der Waals surface area contributed by atoms with Gasteiger partial charge in [-0.25, -0.2) is 4.98 Å². The molecule has 0 aliphatic heterocycles. The Morgan fingerprint density at radius 1 is 1.56 bits per heavy atom. The highest BCUT2D eigenvalue weighted by Gasteiger charge is 2.18. The van der Waals surface area contributed by atoms with Gasteiger partial charge in [-0.3, -0.25) is 9.59 Å². The molecule has 1 aromatic heterocycles. The number of nitrogens with one attached hydrogen (secondary N) is 1. The maximum Gasteiger partial charge on any atom is 0.308 e. The van der Waals surface area contributed by atoms with E-state index in [0.29, 0.717) is 0 Å². The summed E-state index contributed by atoms with van der Waals surface area (Å²) >= 11 is 0. The fraction of sp³-hybridized carbons (Fsp3) is 0.364. The van der Waals surface area contributed by atoms with E-state index in [1.807, 2.05) is 0 Å². The summed E-state index contributed by atoms with van der Waals surface area (Å²) in [6.07, 6.45) is 1.31. The molecule has 1 amide bonds. The predicted octanol–water partition coefficient (Wildman–Crippen LogP) is 0.246. The topological polar surface area (TPSA) is 109 Å². The largest absolute Gasteiger partial charge is 0.503 e. The quantitative estimate of drug-likeness (QED) is 0.694. The SMILES string of the molecule is COc1ccnc(C(=O)NC[C@H](C)C(=O)O)c1O. The molecular weight excluding hydrogens is 240 g/mol. The van der Waals surface area contributed by atoms with E-state index < -0.39 is 17.8 Å². The number of aromatic hydroxyl groups is 1. The molecule has 3 N–H and O–H groups in total. The van der Waals surface area contributed by atoms with Crippen LogP contribution < -0.4 is 10.1 Å². The van der Waals surface area contributed by atoms with Crippen molar-refractivity contribution >= 4 is 11.9 Å². The van der Waals surface area contributed by atoms with Gasteiger partial charge in [-0.2, -0.15) is 0 Å². The van der Waals surface area contributed by atoms with Crippen molar-refractivity contribution in [2.45, 2.75) is 6.92 Å². The van der Waals surface area contributed by atoms with E-state index in [9.17, 15) is 14.7 Å². The zero-order chi connectivity index (χ0) is 13.7. The number of carbonyl (C=O) groups is 2. The van der Waals surface area contributed by atoms with Crippen LogP contribution in [0, 0.1) is 5.92 Å². The Kier molecular flexibility index (Phi) is 4.47. The Labute approximate surface area is 103 Å². The number of carboxylic acid groups (broad SMARTS) is 1. The fourth-order valence-corrected chi connectivity index (χ4v) is 1.18. The minimum absolute atomic E-state index is 0.0491. The normalized spacial score (nSPS) is 11.7. The molecule has 0 aromatic carbocycles. The molecule has 0 spiro atoms. The van der Waals surface area contributed by atoms with Crippen molar-refractivity contribution in [1.82, 2.24) is 10.3 Å². The Morgan fingerprint density at radius 3 is 2.78 bits per heavy atom. The Hall–Kier alpha value is -2.31. The Bertz CT molecular complexity index is 461. The van der Waals surface area contributed by atoms with Gasteiger partial charge in [0.1, 0.15) is 0 Å². The zero-order valence-electron chi connectivity index (χ0n) is 10.0. The second-order valence-corrected chi connectivity index (χ2v) is 3.66. The second-order valence-electron chi connectivity index (χ2n) is 3.66. The summed E-state index contributed by atoms with van der Waals surface area (Å²) in [7, 11) is 1.35. The van der Waals surface area contributed by atoms with Gasteiger partial charge in [-0.1, -0.05) is 6.92 Å². The predicted molar refractivity (Wildman–Crippen MR) is 61.6 cm³/mol. The van der Waals surface area contributed by atoms with E-state index in [1.165, 1.54) is 26.3 Å². The van der Waals surface area contributed by atoms with Crippen LogP contribution in [0.5, 0.6) is 11.5 Å². The van der Waals surface area contributed by atoms with Gasteiger partial charge in [0.25, 0.3) is 5.91 Å². The maximum atomic E-state index is 11.7. The average Bonchev–Trinajstić information content (AvgIpc) is 2.35. The number of aliphatic carboxylic acids is 1. The van der Waals surface area contributed by atoms with Crippen molar-refractivity contribution in [1.29, 1.82) is 0 Å². The Morgan fingerprint density at radius 2 is 2.22 bits per heavy atom. The van der Waals surface area contributed by atoms with Gasteiger partial charge in [0.2, 0.25) is 0 Å². The number of methoxy groups -OCH3 is 1. The molecule has 7 heteroatoms. The number of rotatable bonds is 5. The van der Waals surface area contributed by atoms with E-state index in [0.717, 1.165) is 0 Å². The number of hydrogen-bond donors (Lipinski definition) is 3. The average molecular weight is 254 g/mol. The van der Waals surface area contributed by atoms with Gasteiger partial charge < -0.3 is 20.3 Å². The molecule has 0 saturated carbocycles. The molecular formula is C11H14N2O5. The van der Waals surface area contributed by atoms with Crippen molar-refractivity contribution in [2.75, 3.05) is 13.7 Å². The summed E-state index contributed by atoms with van der Waals surface area (Å²) in [6, 6.07) is 1.41. The van der Waals surface area contributed by atoms with Crippen LogP contribution in [0.2, 0.25) is 0 Å². The van der Waals surface area contributed by atoms with Gasteiger partial charge in [0.05, 0.1) is 13.0 Å². The van der Waals surface area contributed by atoms with Crippen molar-refractivity contribution in [3.63, 3.8) is 0 Å². The van der Waals surface area contributed by atoms with Crippen molar-refractivity contribution < 1.29 is 24.5 Å². The third kappa shape index (κ3) is 3.09. The van der Waals surface area contributed by atoms with Crippen LogP contribution >= 0.6 is 0 Å². The molecule has 0 fully saturated rings. The van der Waals surface area contributed by atoms with Crippen molar-refractivity contribution in [3.8, 4) is 11.5 Å². The van der Waals surface area contributed by atoms with Crippen LogP contribution in [-0.2, 0) is 4.79 Å². The van der Waals surface area contributed by atoms with E-state index in [-0.39, 0.29) is 23.7 Å². The highest BCUT2D eigenvalue weighted by Crippen LogP contribution is 2.27. The van der Waals surface area contributed by atoms with Gasteiger partial charge in [0.15, 0.2) is 17.2 Å². The summed E-state index contributed by atoms with van der Waals surface area (Å²) in [5.41, 5.74) is -0.202. The van der Waals surface area contributed by atoms with Gasteiger partial charge in [-0.05, 0) is 0 Å². The monoisotopic (exact) mass is 254 g/mol. The van der Waals surface area contributed by atoms with E-state index in [4.69, 9.17) is 9.84 Å². The van der Waals surface area contributed by atoms with Crippen LogP contribution in [0.1, 0.15) is 17.4 Å². The first kappa shape index (κ1) is 13.8. The molecule has 0 bridgehead atoms. The standard InChI is InChI=1S/C11H14N2O5/c1-6(11(16)17)5-13-10(15)8-9(14)7(18-2)3-4-12-8/h3-4,6,14H,5H2,1-2H3,(H,13,15)(H,16,17)/t6-/m0/s1. The lowest BCUT2D eigenvalue weighted by Crippen LogP contribution is -2.32. The molecule has 1 rings (SSSR count). The number of aromatic nitrogens is 1. The summed E-state index contributed by atoms with van der Waals surface area (Å²) < 4.78 is 4.84. The first-order valence-electron chi connectivity index (χ1n) is 5.20. The van der Waals surface area contributed by atoms with Crippen LogP contribution in [0.3, 0.4) is 0 Å². The van der Waals surface area contributed by atoms with Crippen LogP contribution in [-0.4, -0.2) is 40.7 Å². The number of hydrogen-bond acceptors (Lipinski definition) is 5. The van der Waals surface area contributed by atoms with Crippen molar-refractivity contribution in [3.05, 3.63) is 18.0 Å². The zero-order valence-corrected chi connectivity index (χ0v) is 10.0. The molecule has 0 saturated heterocycles. The third-order valence-corrected chi connectivity index (χ3v) is 2.31. The van der Waals surface area contributed by atoms with Crippen LogP contribution in [0.4, 0.5) is 0 Å². The lowest BCUT2D eigenvalue weighted by Gasteiger charge is -2.10. The van der Waals surface area contributed by atoms with E-state index in [1.54, 1.807) is 0 Å². The summed E-state index contributed by atoms with van der Waals surface area (Å²) in [5, 5.41) is 20.7. The maximum absolute atomic E-state index is 11.7. The highest BCUT2D eigenvalue weighted by atomic mass is 16.5. The number of carbonyl (C=O) groups excluding carboxylic acids is 1. The lowest BCUT2D eigenvalue weighted by molar-refractivity contribution is -0.140. The lowest BCUT2D eigenvalue weighted by atomic mass is 10.2. The van der Waals surface area contributed by atoms with Gasteiger partial charge >= 0.3 is 5.97 Å². The fourth-order valence-electron chi connectivity index (χ4n) is 1.18. The molecule has 98 valence electrons. The molecule has 0 unspecified atom stereocenters. The van der Waals surface area contributed by atoms with E-state index >= 15 is 0 Å². The molecule has 7 nitrogen and oxygen atoms in total. The Balaban J connectivity index is 2.76. The molecule has 0 radical (unpaired) electrons. The number of amides is 1. The highest BCUT2D eigenvalue weighted by molar-refractivity contribution is 5.95. The first-order chi connectivity index (χ1) is 8.47. The van der Waals surface area contributed by atoms with Crippen molar-refractivity contribution in [2.24, 2.45) is 5.92 Å². The third-order valence-electron chi connectivity index (χ3n) is 2.31. The van der Waals surface area contributed by atoms with Crippen LogP contribution in [0.15, 0.2) is 12.3 Å². The number of carboxylic acids is 1. The summed E-state index contributed by atoms with van der Waals surface area (Å²) in [6.45, 7) is 1.41. The summed E-state index contributed by atoms with van der Waals surface area (Å²) in [4.78, 5) is 26.0. The van der Waals surface area contributed by atoms with Gasteiger partial charge in [0, 0.05) is 18.8 Å². The molecule has 0 aliphatic carbocycles. The second kappa shape index (κ2) is 5.85. The van der Waals surface area contributed by atoms with Crippen LogP contribution in [0.25, 0.3) is 0 Å². The smallest absolute Gasteiger partial charge is 0.308 e. The molecule has 1 heterocycles. The molecule has 18 heavy (non-hydrogen) atoms. The van der Waals surface area contributed by atoms with Gasteiger partial charge in [-0.15, -0.1) is 0 Å². The summed E-state index contributed by atoms with van der Waals surface area (Å²) in [5.74, 6) is -2.64. The molecule has 1 atom stereocenters.